The molecule has 5 nitrogen and oxygen atoms in total. The summed E-state index contributed by atoms with van der Waals surface area (Å²) in [5.74, 6) is -4.56. The first-order valence-corrected chi connectivity index (χ1v) is 5.33. The van der Waals surface area contributed by atoms with Crippen molar-refractivity contribution in [2.45, 2.75) is 12.6 Å². The second kappa shape index (κ2) is 3.53. The van der Waals surface area contributed by atoms with Gasteiger partial charge in [0.2, 0.25) is 0 Å². The maximum absolute atomic E-state index is 13.1. The molecule has 0 saturated carbocycles. The summed E-state index contributed by atoms with van der Waals surface area (Å²) >= 11 is 0. The number of fused-ring (bicyclic) bond motifs is 2. The van der Waals surface area contributed by atoms with Crippen molar-refractivity contribution in [3.05, 3.63) is 33.9 Å². The van der Waals surface area contributed by atoms with Gasteiger partial charge >= 0.3 is 18.1 Å². The number of ketones is 2. The van der Waals surface area contributed by atoms with Gasteiger partial charge in [-0.3, -0.25) is 9.59 Å². The fraction of sp³-hybridized carbons (Fsp3) is 0.167. The Morgan fingerprint density at radius 1 is 0.900 bits per heavy atom. The first-order valence-electron chi connectivity index (χ1n) is 5.33. The maximum Gasteiger partial charge on any atom is 0.418 e. The maximum atomic E-state index is 13.1. The molecule has 0 N–H and O–H groups in total. The van der Waals surface area contributed by atoms with Crippen molar-refractivity contribution in [3.63, 3.8) is 0 Å². The van der Waals surface area contributed by atoms with Crippen LogP contribution < -0.4 is 0 Å². The van der Waals surface area contributed by atoms with E-state index in [0.29, 0.717) is 0 Å². The Balaban J connectivity index is 2.49. The molecule has 20 heavy (non-hydrogen) atoms. The molecule has 1 aliphatic heterocycles. The number of carbonyl (C=O) groups excluding carboxylic acids is 4. The second-order valence-corrected chi connectivity index (χ2v) is 4.29. The molecule has 3 rings (SSSR count). The number of hydrogen-bond acceptors (Lipinski definition) is 5. The van der Waals surface area contributed by atoms with Crippen LogP contribution in [0.25, 0.3) is 0 Å². The third-order valence-corrected chi connectivity index (χ3v) is 3.12. The number of esters is 2. The van der Waals surface area contributed by atoms with Gasteiger partial charge in [0.15, 0.2) is 11.6 Å². The Morgan fingerprint density at radius 2 is 1.55 bits per heavy atom. The minimum absolute atomic E-state index is 0.493. The van der Waals surface area contributed by atoms with Gasteiger partial charge in [-0.2, -0.15) is 13.2 Å². The van der Waals surface area contributed by atoms with E-state index in [1.165, 1.54) is 0 Å². The molecule has 0 amide bonds. The number of hydrogen-bond donors (Lipinski definition) is 0. The van der Waals surface area contributed by atoms with Gasteiger partial charge in [0.1, 0.15) is 0 Å². The summed E-state index contributed by atoms with van der Waals surface area (Å²) in [6.45, 7) is 0. The predicted octanol–water partition coefficient (Wildman–Crippen LogP) is 1.79. The molecule has 8 heteroatoms. The largest absolute Gasteiger partial charge is 0.418 e. The lowest BCUT2D eigenvalue weighted by molar-refractivity contribution is -0.138. The lowest BCUT2D eigenvalue weighted by Gasteiger charge is -2.13. The second-order valence-electron chi connectivity index (χ2n) is 4.29. The molecule has 0 spiro atoms. The Morgan fingerprint density at radius 3 is 2.15 bits per heavy atom. The quantitative estimate of drug-likeness (QED) is 0.536. The highest BCUT2D eigenvalue weighted by atomic mass is 19.4. The molecule has 1 heterocycles. The summed E-state index contributed by atoms with van der Waals surface area (Å²) in [6.07, 6.45) is -5.76. The van der Waals surface area contributed by atoms with Gasteiger partial charge in [-0.1, -0.05) is 0 Å². The van der Waals surface area contributed by atoms with Gasteiger partial charge in [0, 0.05) is 11.1 Å². The van der Waals surface area contributed by atoms with Crippen LogP contribution in [0.4, 0.5) is 13.2 Å². The van der Waals surface area contributed by atoms with Crippen LogP contribution in [0, 0.1) is 0 Å². The highest BCUT2D eigenvalue weighted by Gasteiger charge is 2.49. The van der Waals surface area contributed by atoms with Crippen molar-refractivity contribution in [3.8, 4) is 0 Å². The number of carbonyl (C=O) groups is 4. The predicted molar refractivity (Wildman–Crippen MR) is 54.5 cm³/mol. The molecule has 1 aromatic carbocycles. The van der Waals surface area contributed by atoms with Gasteiger partial charge in [-0.05, 0) is 6.07 Å². The van der Waals surface area contributed by atoms with Crippen molar-refractivity contribution in [2.75, 3.05) is 0 Å². The third kappa shape index (κ3) is 1.44. The fourth-order valence-electron chi connectivity index (χ4n) is 2.37. The average molecular weight is 284 g/mol. The Labute approximate surface area is 108 Å². The minimum atomic E-state index is -5.06. The van der Waals surface area contributed by atoms with Gasteiger partial charge < -0.3 is 4.74 Å². The Kier molecular flexibility index (Phi) is 2.21. The molecule has 0 saturated heterocycles. The molecule has 0 atom stereocenters. The highest BCUT2D eigenvalue weighted by molar-refractivity contribution is 6.28. The van der Waals surface area contributed by atoms with Gasteiger partial charge in [0.25, 0.3) is 0 Å². The molecule has 0 unspecified atom stereocenters. The first kappa shape index (κ1) is 12.5. The van der Waals surface area contributed by atoms with E-state index in [1.54, 1.807) is 0 Å². The van der Waals surface area contributed by atoms with E-state index in [0.717, 1.165) is 6.07 Å². The zero-order chi connectivity index (χ0) is 14.8. The Bertz CT molecular complexity index is 677. The van der Waals surface area contributed by atoms with Crippen LogP contribution in [0.3, 0.4) is 0 Å². The zero-order valence-electron chi connectivity index (χ0n) is 9.46. The van der Waals surface area contributed by atoms with Crippen LogP contribution in [-0.4, -0.2) is 23.5 Å². The van der Waals surface area contributed by atoms with E-state index in [-0.39, 0.29) is 0 Å². The first-order chi connectivity index (χ1) is 9.21. The number of cyclic esters (lactones) is 2. The molecule has 2 aliphatic rings. The standard InChI is InChI=1S/C12H3F3O5/c13-12(14,15)9-7-3(5(16)2-6(7)17)1-4-8(9)11(19)20-10(4)18/h1H,2H2. The van der Waals surface area contributed by atoms with E-state index >= 15 is 0 Å². The zero-order valence-corrected chi connectivity index (χ0v) is 9.46. The summed E-state index contributed by atoms with van der Waals surface area (Å²) < 4.78 is 43.5. The van der Waals surface area contributed by atoms with Crippen molar-refractivity contribution in [1.29, 1.82) is 0 Å². The smallest absolute Gasteiger partial charge is 0.386 e. The van der Waals surface area contributed by atoms with Crippen molar-refractivity contribution >= 4 is 23.5 Å². The summed E-state index contributed by atoms with van der Waals surface area (Å²) in [6, 6.07) is 0.820. The van der Waals surface area contributed by atoms with E-state index in [1.807, 2.05) is 0 Å². The molecule has 102 valence electrons. The summed E-state index contributed by atoms with van der Waals surface area (Å²) in [4.78, 5) is 45.8. The molecule has 1 aliphatic carbocycles. The number of ether oxygens (including phenoxy) is 1. The van der Waals surface area contributed by atoms with Crippen LogP contribution in [0.5, 0.6) is 0 Å². The van der Waals surface area contributed by atoms with Gasteiger partial charge in [0.05, 0.1) is 23.1 Å². The van der Waals surface area contributed by atoms with E-state index < -0.39 is 63.9 Å². The van der Waals surface area contributed by atoms with E-state index in [9.17, 15) is 32.3 Å². The van der Waals surface area contributed by atoms with E-state index in [4.69, 9.17) is 0 Å². The molecule has 1 aromatic rings. The molecule has 0 aromatic heterocycles. The number of benzene rings is 1. The van der Waals surface area contributed by atoms with Crippen LogP contribution in [0.1, 0.15) is 53.4 Å². The monoisotopic (exact) mass is 284 g/mol. The number of halogens is 3. The SMILES string of the molecule is O=C1CC(=O)c2c1cc1c(c2C(F)(F)F)C(=O)OC1=O. The number of alkyl halides is 3. The summed E-state index contributed by atoms with van der Waals surface area (Å²) in [5, 5.41) is 0. The average Bonchev–Trinajstić information content (AvgIpc) is 2.76. The molecule has 0 radical (unpaired) electrons. The van der Waals surface area contributed by atoms with Crippen molar-refractivity contribution in [2.24, 2.45) is 0 Å². The van der Waals surface area contributed by atoms with E-state index in [2.05, 4.69) is 4.74 Å². The van der Waals surface area contributed by atoms with Crippen molar-refractivity contribution in [1.82, 2.24) is 0 Å². The normalized spacial score (nSPS) is 17.4. The number of Topliss-reactive ketones (excluding diaryl/α,β-unsaturated/α-hetero) is 2. The third-order valence-electron chi connectivity index (χ3n) is 3.12. The van der Waals surface area contributed by atoms with Gasteiger partial charge in [-0.15, -0.1) is 0 Å². The van der Waals surface area contributed by atoms with Crippen LogP contribution in [0.15, 0.2) is 6.07 Å². The lowest BCUT2D eigenvalue weighted by atomic mass is 9.93. The van der Waals surface area contributed by atoms with Gasteiger partial charge in [-0.25, -0.2) is 9.59 Å². The topological polar surface area (TPSA) is 77.5 Å². The molecule has 0 fully saturated rings. The molecule has 0 bridgehead atoms. The molecular formula is C12H3F3O5. The van der Waals surface area contributed by atoms with Crippen molar-refractivity contribution < 1.29 is 37.1 Å². The fourth-order valence-corrected chi connectivity index (χ4v) is 2.37. The summed E-state index contributed by atoms with van der Waals surface area (Å²) in [7, 11) is 0. The Hall–Kier alpha value is -2.51. The minimum Gasteiger partial charge on any atom is -0.386 e. The van der Waals surface area contributed by atoms with Crippen LogP contribution in [0.2, 0.25) is 0 Å². The highest BCUT2D eigenvalue weighted by Crippen LogP contribution is 2.42. The summed E-state index contributed by atoms with van der Waals surface area (Å²) in [5.41, 5.74) is -4.54. The van der Waals surface area contributed by atoms with Crippen LogP contribution in [-0.2, 0) is 10.9 Å². The number of rotatable bonds is 0. The van der Waals surface area contributed by atoms with Crippen LogP contribution >= 0.6 is 0 Å². The molecular weight excluding hydrogens is 281 g/mol. The lowest BCUT2D eigenvalue weighted by Crippen LogP contribution is -2.17.